The highest BCUT2D eigenvalue weighted by molar-refractivity contribution is 7.86. The van der Waals surface area contributed by atoms with E-state index in [4.69, 9.17) is 27.2 Å². The van der Waals surface area contributed by atoms with Gasteiger partial charge in [0.15, 0.2) is 16.6 Å². The maximum Gasteiger partial charge on any atom is 0.408 e. The fourth-order valence-corrected chi connectivity index (χ4v) is 10.7. The van der Waals surface area contributed by atoms with E-state index in [9.17, 15) is 13.2 Å². The van der Waals surface area contributed by atoms with Crippen LogP contribution in [0.15, 0.2) is 0 Å². The lowest BCUT2D eigenvalue weighted by Gasteiger charge is -2.42. The molecule has 0 unspecified atom stereocenters. The zero-order valence-electron chi connectivity index (χ0n) is 36.3. The van der Waals surface area contributed by atoms with Gasteiger partial charge in [-0.25, -0.2) is 4.79 Å². The van der Waals surface area contributed by atoms with E-state index in [0.29, 0.717) is 19.1 Å². The second kappa shape index (κ2) is 24.9. The molecule has 0 aliphatic carbocycles. The lowest BCUT2D eigenvalue weighted by molar-refractivity contribution is -0.0924. The van der Waals surface area contributed by atoms with Crippen LogP contribution in [-0.2, 0) is 37.4 Å². The van der Waals surface area contributed by atoms with Crippen molar-refractivity contribution in [2.75, 3.05) is 26.8 Å². The molecule has 1 N–H and O–H groups in total. The minimum Gasteiger partial charge on any atom is -0.444 e. The predicted molar refractivity (Wildman–Crippen MR) is 220 cm³/mol. The fourth-order valence-electron chi connectivity index (χ4n) is 6.09. The molecule has 52 heavy (non-hydrogen) atoms. The van der Waals surface area contributed by atoms with Gasteiger partial charge in [-0.05, 0) is 75.8 Å². The number of alkyl carbamates (subject to hydrolysis) is 1. The van der Waals surface area contributed by atoms with Crippen LogP contribution in [0.4, 0.5) is 4.79 Å². The molecular weight excluding hydrogens is 715 g/mol. The third-order valence-electron chi connectivity index (χ3n) is 10.9. The van der Waals surface area contributed by atoms with Crippen molar-refractivity contribution in [3.63, 3.8) is 0 Å². The Labute approximate surface area is 323 Å². The molecule has 0 aromatic heterocycles. The lowest BCUT2D eigenvalue weighted by atomic mass is 9.96. The van der Waals surface area contributed by atoms with Crippen molar-refractivity contribution in [1.82, 2.24) is 5.32 Å². The van der Waals surface area contributed by atoms with Crippen molar-refractivity contribution < 1.29 is 40.5 Å². The number of carbonyl (C=O) groups is 1. The minimum absolute atomic E-state index is 0.0637. The molecule has 0 bridgehead atoms. The predicted octanol–water partition coefficient (Wildman–Crippen LogP) is 10.6. The van der Waals surface area contributed by atoms with Crippen molar-refractivity contribution in [3.05, 3.63) is 0 Å². The average molecular weight is 798 g/mol. The van der Waals surface area contributed by atoms with Crippen molar-refractivity contribution in [2.24, 2.45) is 5.92 Å². The van der Waals surface area contributed by atoms with Gasteiger partial charge in [0.2, 0.25) is 0 Å². The Morgan fingerprint density at radius 1 is 0.788 bits per heavy atom. The number of ether oxygens (including phenoxy) is 3. The van der Waals surface area contributed by atoms with Gasteiger partial charge in [-0.15, -0.1) is 0 Å². The van der Waals surface area contributed by atoms with Gasteiger partial charge in [0, 0.05) is 7.11 Å². The SMILES string of the molecule is CC[C@H](C)[C@H](CCCCCCCCCC[C@@H](OS(C)(=O)=O)[C@@H](O[Si](CC)(CC)CC)[C@H](CO[Si](C)(C)C(C)(C)C)NC(=O)OC(C)(C)C)OCOC. The molecule has 0 radical (unpaired) electrons. The molecule has 0 spiro atoms. The summed E-state index contributed by atoms with van der Waals surface area (Å²) < 4.78 is 62.1. The summed E-state index contributed by atoms with van der Waals surface area (Å²) in [6.45, 7) is 27.7. The van der Waals surface area contributed by atoms with E-state index in [0.717, 1.165) is 69.3 Å². The largest absolute Gasteiger partial charge is 0.444 e. The molecule has 0 fully saturated rings. The highest BCUT2D eigenvalue weighted by Crippen LogP contribution is 2.37. The number of hydrogen-bond acceptors (Lipinski definition) is 9. The second-order valence-corrected chi connectivity index (χ2v) is 28.5. The molecule has 0 aliphatic rings. The van der Waals surface area contributed by atoms with Gasteiger partial charge in [0.05, 0.1) is 31.1 Å². The summed E-state index contributed by atoms with van der Waals surface area (Å²) >= 11 is 0. The number of carbonyl (C=O) groups excluding carboxylic acids is 1. The average Bonchev–Trinajstić information content (AvgIpc) is 3.03. The summed E-state index contributed by atoms with van der Waals surface area (Å²) in [7, 11) is -6.74. The van der Waals surface area contributed by atoms with E-state index in [1.165, 1.54) is 19.3 Å². The van der Waals surface area contributed by atoms with Gasteiger partial charge in [-0.3, -0.25) is 4.18 Å². The Bertz CT molecular complexity index is 1050. The molecule has 0 saturated heterocycles. The van der Waals surface area contributed by atoms with E-state index in [2.05, 4.69) is 73.8 Å². The number of unbranched alkanes of at least 4 members (excludes halogenated alkanes) is 7. The molecule has 0 saturated carbocycles. The van der Waals surface area contributed by atoms with Crippen LogP contribution in [0.2, 0.25) is 36.3 Å². The van der Waals surface area contributed by atoms with Gasteiger partial charge in [0.25, 0.3) is 10.1 Å². The Balaban J connectivity index is 5.96. The molecule has 0 heterocycles. The normalized spacial score (nSPS) is 16.3. The van der Waals surface area contributed by atoms with Crippen molar-refractivity contribution in [3.8, 4) is 0 Å². The van der Waals surface area contributed by atoms with Gasteiger partial charge in [-0.1, -0.05) is 113 Å². The highest BCUT2D eigenvalue weighted by atomic mass is 32.2. The third kappa shape index (κ3) is 21.5. The van der Waals surface area contributed by atoms with Gasteiger partial charge < -0.3 is 28.4 Å². The van der Waals surface area contributed by atoms with Crippen LogP contribution in [0, 0.1) is 5.92 Å². The summed E-state index contributed by atoms with van der Waals surface area (Å²) in [6, 6.07) is 1.92. The van der Waals surface area contributed by atoms with Crippen LogP contribution < -0.4 is 5.32 Å². The van der Waals surface area contributed by atoms with Gasteiger partial charge in [-0.2, -0.15) is 8.42 Å². The molecule has 0 aromatic carbocycles. The first-order valence-corrected chi connectivity index (χ1v) is 27.6. The second-order valence-electron chi connectivity index (χ2n) is 17.4. The van der Waals surface area contributed by atoms with E-state index < -0.39 is 56.7 Å². The molecule has 0 aliphatic heterocycles. The summed E-state index contributed by atoms with van der Waals surface area (Å²) in [5, 5.41) is 3.00. The number of hydrogen-bond donors (Lipinski definition) is 1. The first-order chi connectivity index (χ1) is 24.0. The zero-order chi connectivity index (χ0) is 40.2. The molecule has 13 heteroatoms. The summed E-state index contributed by atoms with van der Waals surface area (Å²) in [5.74, 6) is 0.522. The van der Waals surface area contributed by atoms with E-state index in [-0.39, 0.29) is 17.7 Å². The number of rotatable bonds is 29. The van der Waals surface area contributed by atoms with Gasteiger partial charge in [0.1, 0.15) is 18.5 Å². The van der Waals surface area contributed by atoms with Crippen LogP contribution in [-0.4, -0.2) is 87.9 Å². The topological polar surface area (TPSA) is 119 Å². The number of nitrogens with one attached hydrogen (secondary N) is 1. The molecule has 312 valence electrons. The first kappa shape index (κ1) is 51.5. The van der Waals surface area contributed by atoms with E-state index in [1.54, 1.807) is 7.11 Å². The quantitative estimate of drug-likeness (QED) is 0.0341. The molecule has 10 nitrogen and oxygen atoms in total. The fraction of sp³-hybridized carbons (Fsp3) is 0.974. The Morgan fingerprint density at radius 3 is 1.67 bits per heavy atom. The maximum absolute atomic E-state index is 13.3. The van der Waals surface area contributed by atoms with E-state index in [1.807, 2.05) is 20.8 Å². The highest BCUT2D eigenvalue weighted by Gasteiger charge is 2.44. The molecule has 0 rings (SSSR count). The Hall–Kier alpha value is -0.546. The standard InChI is InChI=1S/C39H83NO9SSi2/c1-16-32(5)34(45-31-44-12)28-26-24-22-20-21-23-25-27-29-35(48-50(13,42)43)36(49-52(17-2,18-3)19-4)33(40-37(41)47-38(6,7)8)30-46-51(14,15)39(9,10)11/h32-36H,16-31H2,1-15H3,(H,40,41)/t32-,33-,34-,35+,36-/m0/s1. The van der Waals surface area contributed by atoms with Crippen LogP contribution in [0.3, 0.4) is 0 Å². The van der Waals surface area contributed by atoms with Crippen molar-refractivity contribution in [1.29, 1.82) is 0 Å². The smallest absolute Gasteiger partial charge is 0.408 e. The third-order valence-corrected chi connectivity index (χ3v) is 20.7. The van der Waals surface area contributed by atoms with E-state index >= 15 is 0 Å². The number of amides is 1. The number of methoxy groups -OCH3 is 1. The summed E-state index contributed by atoms with van der Waals surface area (Å²) in [6.07, 6.45) is 10.5. The van der Waals surface area contributed by atoms with Crippen molar-refractivity contribution >= 4 is 32.8 Å². The van der Waals surface area contributed by atoms with Crippen LogP contribution in [0.5, 0.6) is 0 Å². The molecular formula is C39H83NO9SSi2. The summed E-state index contributed by atoms with van der Waals surface area (Å²) in [4.78, 5) is 13.3. The monoisotopic (exact) mass is 798 g/mol. The molecule has 5 atom stereocenters. The first-order valence-electron chi connectivity index (χ1n) is 20.3. The van der Waals surface area contributed by atoms with Crippen LogP contribution in [0.1, 0.15) is 147 Å². The molecule has 0 aromatic rings. The minimum atomic E-state index is -3.84. The van der Waals surface area contributed by atoms with Crippen LogP contribution in [0.25, 0.3) is 0 Å². The van der Waals surface area contributed by atoms with Crippen LogP contribution >= 0.6 is 0 Å². The Kier molecular flexibility index (Phi) is 24.6. The van der Waals surface area contributed by atoms with Gasteiger partial charge >= 0.3 is 6.09 Å². The maximum atomic E-state index is 13.3. The van der Waals surface area contributed by atoms with Crippen molar-refractivity contribution in [2.45, 2.75) is 213 Å². The summed E-state index contributed by atoms with van der Waals surface area (Å²) in [5.41, 5.74) is -0.711. The lowest BCUT2D eigenvalue weighted by Crippen LogP contribution is -2.59. The zero-order valence-corrected chi connectivity index (χ0v) is 39.1. The molecule has 1 amide bonds. The Morgan fingerprint density at radius 2 is 1.27 bits per heavy atom.